The number of carbonyl (C=O) groups excluding carboxylic acids is 1. The standard InChI is InChI=1S/C11H14N2O/c1-13-7-3-5-8-9(11(13)14)4-2-6-10(8)12/h2,4,6H,3,5,7,12H2,1H3. The van der Waals surface area contributed by atoms with Gasteiger partial charge in [0.1, 0.15) is 0 Å². The molecular formula is C11H14N2O. The van der Waals surface area contributed by atoms with E-state index in [2.05, 4.69) is 0 Å². The van der Waals surface area contributed by atoms with E-state index in [4.69, 9.17) is 5.73 Å². The Hall–Kier alpha value is -1.51. The quantitative estimate of drug-likeness (QED) is 0.626. The number of fused-ring (bicyclic) bond motifs is 1. The van der Waals surface area contributed by atoms with Crippen LogP contribution in [0.3, 0.4) is 0 Å². The molecule has 0 fully saturated rings. The van der Waals surface area contributed by atoms with Crippen LogP contribution in [-0.2, 0) is 6.42 Å². The summed E-state index contributed by atoms with van der Waals surface area (Å²) in [6.45, 7) is 0.812. The second kappa shape index (κ2) is 3.33. The third-order valence-electron chi connectivity index (χ3n) is 2.71. The first-order chi connectivity index (χ1) is 6.70. The molecule has 0 radical (unpaired) electrons. The van der Waals surface area contributed by atoms with Crippen molar-refractivity contribution in [1.29, 1.82) is 0 Å². The molecule has 1 aromatic carbocycles. The van der Waals surface area contributed by atoms with Crippen LogP contribution in [0.1, 0.15) is 22.3 Å². The van der Waals surface area contributed by atoms with E-state index in [0.29, 0.717) is 0 Å². The summed E-state index contributed by atoms with van der Waals surface area (Å²) in [5, 5.41) is 0. The summed E-state index contributed by atoms with van der Waals surface area (Å²) in [5.41, 5.74) is 8.37. The van der Waals surface area contributed by atoms with Gasteiger partial charge in [0.2, 0.25) is 0 Å². The Morgan fingerprint density at radius 2 is 2.21 bits per heavy atom. The molecule has 2 rings (SSSR count). The van der Waals surface area contributed by atoms with E-state index in [0.717, 1.165) is 36.2 Å². The maximum Gasteiger partial charge on any atom is 0.253 e. The third kappa shape index (κ3) is 1.35. The van der Waals surface area contributed by atoms with E-state index in [1.165, 1.54) is 0 Å². The first-order valence-corrected chi connectivity index (χ1v) is 4.83. The van der Waals surface area contributed by atoms with Gasteiger partial charge in [-0.05, 0) is 30.5 Å². The van der Waals surface area contributed by atoms with Crippen molar-refractivity contribution in [1.82, 2.24) is 4.90 Å². The fraction of sp³-hybridized carbons (Fsp3) is 0.364. The number of nitrogen functional groups attached to an aromatic ring is 1. The summed E-state index contributed by atoms with van der Waals surface area (Å²) < 4.78 is 0. The molecule has 0 spiro atoms. The molecule has 0 aromatic heterocycles. The summed E-state index contributed by atoms with van der Waals surface area (Å²) in [6, 6.07) is 5.55. The van der Waals surface area contributed by atoms with Gasteiger partial charge in [0.15, 0.2) is 0 Å². The van der Waals surface area contributed by atoms with E-state index >= 15 is 0 Å². The largest absolute Gasteiger partial charge is 0.398 e. The normalized spacial score (nSPS) is 16.4. The van der Waals surface area contributed by atoms with Crippen molar-refractivity contribution < 1.29 is 4.79 Å². The molecule has 1 aliphatic rings. The Balaban J connectivity index is 2.53. The number of nitrogens with two attached hydrogens (primary N) is 1. The first-order valence-electron chi connectivity index (χ1n) is 4.83. The lowest BCUT2D eigenvalue weighted by atomic mass is 10.0. The molecule has 1 aromatic rings. The highest BCUT2D eigenvalue weighted by atomic mass is 16.2. The summed E-state index contributed by atoms with van der Waals surface area (Å²) in [6.07, 6.45) is 1.89. The van der Waals surface area contributed by atoms with Gasteiger partial charge in [-0.2, -0.15) is 0 Å². The predicted molar refractivity (Wildman–Crippen MR) is 56.1 cm³/mol. The lowest BCUT2D eigenvalue weighted by Crippen LogP contribution is -2.26. The van der Waals surface area contributed by atoms with Gasteiger partial charge in [-0.15, -0.1) is 0 Å². The lowest BCUT2D eigenvalue weighted by Gasteiger charge is -2.14. The van der Waals surface area contributed by atoms with Crippen molar-refractivity contribution >= 4 is 11.6 Å². The average molecular weight is 190 g/mol. The molecular weight excluding hydrogens is 176 g/mol. The summed E-state index contributed by atoms with van der Waals surface area (Å²) in [7, 11) is 1.83. The van der Waals surface area contributed by atoms with Crippen LogP contribution in [0.5, 0.6) is 0 Å². The maximum atomic E-state index is 11.9. The van der Waals surface area contributed by atoms with Crippen LogP contribution < -0.4 is 5.73 Å². The highest BCUT2D eigenvalue weighted by Crippen LogP contribution is 2.22. The minimum absolute atomic E-state index is 0.0878. The molecule has 0 saturated carbocycles. The predicted octanol–water partition coefficient (Wildman–Crippen LogP) is 1.29. The highest BCUT2D eigenvalue weighted by molar-refractivity contribution is 5.97. The smallest absolute Gasteiger partial charge is 0.253 e. The molecule has 0 bridgehead atoms. The molecule has 1 aliphatic heterocycles. The lowest BCUT2D eigenvalue weighted by molar-refractivity contribution is 0.0800. The van der Waals surface area contributed by atoms with E-state index in [1.54, 1.807) is 4.90 Å². The fourth-order valence-corrected chi connectivity index (χ4v) is 1.88. The SMILES string of the molecule is CN1CCCc2c(N)cccc2C1=O. The van der Waals surface area contributed by atoms with E-state index in [-0.39, 0.29) is 5.91 Å². The molecule has 0 saturated heterocycles. The molecule has 2 N–H and O–H groups in total. The zero-order valence-electron chi connectivity index (χ0n) is 8.29. The average Bonchev–Trinajstić information content (AvgIpc) is 2.31. The van der Waals surface area contributed by atoms with Crippen LogP contribution >= 0.6 is 0 Å². The van der Waals surface area contributed by atoms with Gasteiger partial charge in [0, 0.05) is 24.8 Å². The molecule has 1 amide bonds. The second-order valence-electron chi connectivity index (χ2n) is 3.70. The molecule has 74 valence electrons. The number of hydrogen-bond acceptors (Lipinski definition) is 2. The monoisotopic (exact) mass is 190 g/mol. The molecule has 3 heteroatoms. The minimum atomic E-state index is 0.0878. The fourth-order valence-electron chi connectivity index (χ4n) is 1.88. The van der Waals surface area contributed by atoms with E-state index in [9.17, 15) is 4.79 Å². The molecule has 0 atom stereocenters. The number of hydrogen-bond donors (Lipinski definition) is 1. The third-order valence-corrected chi connectivity index (χ3v) is 2.71. The van der Waals surface area contributed by atoms with Crippen LogP contribution in [0.4, 0.5) is 5.69 Å². The molecule has 1 heterocycles. The number of benzene rings is 1. The molecule has 3 nitrogen and oxygen atoms in total. The van der Waals surface area contributed by atoms with E-state index < -0.39 is 0 Å². The zero-order valence-corrected chi connectivity index (χ0v) is 8.29. The maximum absolute atomic E-state index is 11.9. The number of amides is 1. The van der Waals surface area contributed by atoms with Crippen LogP contribution in [0.15, 0.2) is 18.2 Å². The topological polar surface area (TPSA) is 46.3 Å². The number of carbonyl (C=O) groups is 1. The Morgan fingerprint density at radius 3 is 3.00 bits per heavy atom. The van der Waals surface area contributed by atoms with Gasteiger partial charge < -0.3 is 10.6 Å². The Morgan fingerprint density at radius 1 is 1.43 bits per heavy atom. The first kappa shape index (κ1) is 9.06. The van der Waals surface area contributed by atoms with Gasteiger partial charge in [-0.25, -0.2) is 0 Å². The summed E-state index contributed by atoms with van der Waals surface area (Å²) in [5.74, 6) is 0.0878. The van der Waals surface area contributed by atoms with E-state index in [1.807, 2.05) is 25.2 Å². The Labute approximate surface area is 83.5 Å². The van der Waals surface area contributed by atoms with Crippen molar-refractivity contribution in [3.05, 3.63) is 29.3 Å². The zero-order chi connectivity index (χ0) is 10.1. The number of anilines is 1. The van der Waals surface area contributed by atoms with Crippen molar-refractivity contribution in [2.45, 2.75) is 12.8 Å². The van der Waals surface area contributed by atoms with Gasteiger partial charge >= 0.3 is 0 Å². The number of rotatable bonds is 0. The minimum Gasteiger partial charge on any atom is -0.398 e. The van der Waals surface area contributed by atoms with Gasteiger partial charge in [-0.3, -0.25) is 4.79 Å². The van der Waals surface area contributed by atoms with Crippen molar-refractivity contribution in [3.63, 3.8) is 0 Å². The van der Waals surface area contributed by atoms with Crippen molar-refractivity contribution in [2.24, 2.45) is 0 Å². The molecule has 0 aliphatic carbocycles. The number of nitrogens with zero attached hydrogens (tertiary/aromatic N) is 1. The van der Waals surface area contributed by atoms with Gasteiger partial charge in [-0.1, -0.05) is 6.07 Å². The van der Waals surface area contributed by atoms with Crippen LogP contribution in [-0.4, -0.2) is 24.4 Å². The second-order valence-corrected chi connectivity index (χ2v) is 3.70. The van der Waals surface area contributed by atoms with Crippen LogP contribution in [0.2, 0.25) is 0 Å². The molecule has 14 heavy (non-hydrogen) atoms. The van der Waals surface area contributed by atoms with Crippen molar-refractivity contribution in [3.8, 4) is 0 Å². The Bertz CT molecular complexity index is 374. The summed E-state index contributed by atoms with van der Waals surface area (Å²) in [4.78, 5) is 13.6. The van der Waals surface area contributed by atoms with Crippen molar-refractivity contribution in [2.75, 3.05) is 19.3 Å². The highest BCUT2D eigenvalue weighted by Gasteiger charge is 2.20. The van der Waals surface area contributed by atoms with Gasteiger partial charge in [0.25, 0.3) is 5.91 Å². The van der Waals surface area contributed by atoms with Crippen LogP contribution in [0, 0.1) is 0 Å². The summed E-state index contributed by atoms with van der Waals surface area (Å²) >= 11 is 0. The van der Waals surface area contributed by atoms with Gasteiger partial charge in [0.05, 0.1) is 0 Å². The molecule has 0 unspecified atom stereocenters. The van der Waals surface area contributed by atoms with Crippen LogP contribution in [0.25, 0.3) is 0 Å². The Kier molecular flexibility index (Phi) is 2.15.